The molecule has 0 radical (unpaired) electrons. The van der Waals surface area contributed by atoms with E-state index in [-0.39, 0.29) is 24.9 Å². The SMILES string of the molecule is CCc1ccccc1NC(=O)CN(C)CC(=O)N1CCN(c2ccccn2)CC1. The van der Waals surface area contributed by atoms with Crippen molar-refractivity contribution in [2.24, 2.45) is 0 Å². The number of benzene rings is 1. The van der Waals surface area contributed by atoms with Crippen LogP contribution in [0.1, 0.15) is 12.5 Å². The van der Waals surface area contributed by atoms with E-state index < -0.39 is 0 Å². The van der Waals surface area contributed by atoms with E-state index in [1.165, 1.54) is 0 Å². The maximum Gasteiger partial charge on any atom is 0.238 e. The predicted octanol–water partition coefficient (Wildman–Crippen LogP) is 1.86. The zero-order valence-electron chi connectivity index (χ0n) is 17.2. The van der Waals surface area contributed by atoms with Crippen LogP contribution in [0, 0.1) is 0 Å². The van der Waals surface area contributed by atoms with Crippen LogP contribution in [0.2, 0.25) is 0 Å². The Kier molecular flexibility index (Phi) is 7.19. The number of hydrogen-bond donors (Lipinski definition) is 1. The fraction of sp³-hybridized carbons (Fsp3) is 0.409. The van der Waals surface area contributed by atoms with Gasteiger partial charge in [0.2, 0.25) is 11.8 Å². The van der Waals surface area contributed by atoms with Crippen molar-refractivity contribution < 1.29 is 9.59 Å². The summed E-state index contributed by atoms with van der Waals surface area (Å²) in [6.07, 6.45) is 2.64. The van der Waals surface area contributed by atoms with Gasteiger partial charge in [-0.2, -0.15) is 0 Å². The zero-order chi connectivity index (χ0) is 20.6. The number of anilines is 2. The lowest BCUT2D eigenvalue weighted by Gasteiger charge is -2.36. The lowest BCUT2D eigenvalue weighted by molar-refractivity contribution is -0.132. The lowest BCUT2D eigenvalue weighted by Crippen LogP contribution is -2.51. The van der Waals surface area contributed by atoms with Crippen LogP contribution in [0.5, 0.6) is 0 Å². The molecule has 2 aromatic rings. The van der Waals surface area contributed by atoms with Crippen molar-refractivity contribution in [2.75, 3.05) is 56.5 Å². The molecule has 1 aromatic carbocycles. The van der Waals surface area contributed by atoms with Gasteiger partial charge in [0, 0.05) is 38.1 Å². The molecule has 1 aromatic heterocycles. The number of rotatable bonds is 7. The molecule has 29 heavy (non-hydrogen) atoms. The molecule has 1 N–H and O–H groups in total. The van der Waals surface area contributed by atoms with Crippen molar-refractivity contribution >= 4 is 23.3 Å². The molecule has 0 unspecified atom stereocenters. The second kappa shape index (κ2) is 10.0. The normalized spacial score (nSPS) is 14.2. The lowest BCUT2D eigenvalue weighted by atomic mass is 10.1. The highest BCUT2D eigenvalue weighted by Gasteiger charge is 2.23. The Morgan fingerprint density at radius 3 is 2.45 bits per heavy atom. The molecule has 0 atom stereocenters. The molecular weight excluding hydrogens is 366 g/mol. The molecule has 0 saturated carbocycles. The van der Waals surface area contributed by atoms with Crippen molar-refractivity contribution in [1.82, 2.24) is 14.8 Å². The van der Waals surface area contributed by atoms with E-state index >= 15 is 0 Å². The molecule has 2 heterocycles. The minimum absolute atomic E-state index is 0.0509. The highest BCUT2D eigenvalue weighted by atomic mass is 16.2. The van der Waals surface area contributed by atoms with Gasteiger partial charge in [0.1, 0.15) is 5.82 Å². The second-order valence-corrected chi connectivity index (χ2v) is 7.29. The van der Waals surface area contributed by atoms with E-state index in [2.05, 4.69) is 22.1 Å². The second-order valence-electron chi connectivity index (χ2n) is 7.29. The number of amides is 2. The number of aromatic nitrogens is 1. The molecule has 154 valence electrons. The average Bonchev–Trinajstić information content (AvgIpc) is 2.74. The van der Waals surface area contributed by atoms with Gasteiger partial charge in [-0.05, 0) is 37.2 Å². The average molecular weight is 396 g/mol. The molecule has 1 fully saturated rings. The highest BCUT2D eigenvalue weighted by Crippen LogP contribution is 2.15. The molecule has 0 spiro atoms. The van der Waals surface area contributed by atoms with E-state index in [4.69, 9.17) is 0 Å². The third kappa shape index (κ3) is 5.77. The van der Waals surface area contributed by atoms with Gasteiger partial charge in [-0.3, -0.25) is 14.5 Å². The molecule has 1 aliphatic heterocycles. The number of nitrogens with zero attached hydrogens (tertiary/aromatic N) is 4. The Hall–Kier alpha value is -2.93. The number of carbonyl (C=O) groups excluding carboxylic acids is 2. The third-order valence-corrected chi connectivity index (χ3v) is 5.10. The van der Waals surface area contributed by atoms with Crippen LogP contribution in [0.3, 0.4) is 0 Å². The quantitative estimate of drug-likeness (QED) is 0.775. The van der Waals surface area contributed by atoms with Gasteiger partial charge < -0.3 is 15.1 Å². The summed E-state index contributed by atoms with van der Waals surface area (Å²) in [5.74, 6) is 0.886. The van der Waals surface area contributed by atoms with Crippen LogP contribution in [-0.4, -0.2) is 72.9 Å². The largest absolute Gasteiger partial charge is 0.353 e. The van der Waals surface area contributed by atoms with E-state index in [1.807, 2.05) is 47.4 Å². The maximum atomic E-state index is 12.6. The molecule has 7 heteroatoms. The third-order valence-electron chi connectivity index (χ3n) is 5.10. The van der Waals surface area contributed by atoms with Crippen molar-refractivity contribution in [2.45, 2.75) is 13.3 Å². The Balaban J connectivity index is 1.44. The van der Waals surface area contributed by atoms with Crippen LogP contribution >= 0.6 is 0 Å². The maximum absolute atomic E-state index is 12.6. The number of nitrogens with one attached hydrogen (secondary N) is 1. The van der Waals surface area contributed by atoms with Crippen LogP contribution < -0.4 is 10.2 Å². The number of pyridine rings is 1. The van der Waals surface area contributed by atoms with Gasteiger partial charge in [0.15, 0.2) is 0 Å². The first-order chi connectivity index (χ1) is 14.1. The van der Waals surface area contributed by atoms with Crippen molar-refractivity contribution in [3.05, 3.63) is 54.2 Å². The Morgan fingerprint density at radius 1 is 1.03 bits per heavy atom. The van der Waals surface area contributed by atoms with Gasteiger partial charge in [-0.1, -0.05) is 31.2 Å². The summed E-state index contributed by atoms with van der Waals surface area (Å²) in [6.45, 7) is 5.33. The van der Waals surface area contributed by atoms with E-state index in [0.717, 1.165) is 36.6 Å². The molecular formula is C22H29N5O2. The Labute approximate surface area is 172 Å². The fourth-order valence-electron chi connectivity index (χ4n) is 3.50. The van der Waals surface area contributed by atoms with Crippen molar-refractivity contribution in [3.63, 3.8) is 0 Å². The van der Waals surface area contributed by atoms with Gasteiger partial charge in [-0.15, -0.1) is 0 Å². The summed E-state index contributed by atoms with van der Waals surface area (Å²) in [5.41, 5.74) is 1.94. The number of carbonyl (C=O) groups is 2. The molecule has 2 amide bonds. The molecule has 3 rings (SSSR count). The molecule has 0 bridgehead atoms. The predicted molar refractivity (Wildman–Crippen MR) is 115 cm³/mol. The van der Waals surface area contributed by atoms with Gasteiger partial charge >= 0.3 is 0 Å². The van der Waals surface area contributed by atoms with E-state index in [1.54, 1.807) is 18.1 Å². The molecule has 1 aliphatic rings. The highest BCUT2D eigenvalue weighted by molar-refractivity contribution is 5.93. The van der Waals surface area contributed by atoms with Gasteiger partial charge in [-0.25, -0.2) is 4.98 Å². The minimum atomic E-state index is -0.110. The van der Waals surface area contributed by atoms with Crippen molar-refractivity contribution in [3.8, 4) is 0 Å². The number of aryl methyl sites for hydroxylation is 1. The first-order valence-corrected chi connectivity index (χ1v) is 10.1. The molecule has 1 saturated heterocycles. The van der Waals surface area contributed by atoms with Crippen molar-refractivity contribution in [1.29, 1.82) is 0 Å². The van der Waals surface area contributed by atoms with Crippen LogP contribution in [0.25, 0.3) is 0 Å². The minimum Gasteiger partial charge on any atom is -0.353 e. The van der Waals surface area contributed by atoms with Crippen LogP contribution in [-0.2, 0) is 16.0 Å². The monoisotopic (exact) mass is 395 g/mol. The van der Waals surface area contributed by atoms with Gasteiger partial charge in [0.05, 0.1) is 13.1 Å². The van der Waals surface area contributed by atoms with Crippen LogP contribution in [0.15, 0.2) is 48.7 Å². The summed E-state index contributed by atoms with van der Waals surface area (Å²) in [7, 11) is 1.80. The smallest absolute Gasteiger partial charge is 0.238 e. The molecule has 7 nitrogen and oxygen atoms in total. The Morgan fingerprint density at radius 2 is 1.76 bits per heavy atom. The number of hydrogen-bond acceptors (Lipinski definition) is 5. The summed E-state index contributed by atoms with van der Waals surface area (Å²) in [5, 5.41) is 2.95. The number of likely N-dealkylation sites (N-methyl/N-ethyl adjacent to an activating group) is 1. The molecule has 0 aliphatic carbocycles. The topological polar surface area (TPSA) is 68.8 Å². The first-order valence-electron chi connectivity index (χ1n) is 10.1. The zero-order valence-corrected chi connectivity index (χ0v) is 17.2. The standard InChI is InChI=1S/C22H29N5O2/c1-3-18-8-4-5-9-19(18)24-21(28)16-25(2)17-22(29)27-14-12-26(13-15-27)20-10-6-7-11-23-20/h4-11H,3,12-17H2,1-2H3,(H,24,28). The number of piperazine rings is 1. The summed E-state index contributed by atoms with van der Waals surface area (Å²) in [6, 6.07) is 13.6. The number of para-hydroxylation sites is 1. The summed E-state index contributed by atoms with van der Waals surface area (Å²) < 4.78 is 0. The summed E-state index contributed by atoms with van der Waals surface area (Å²) >= 11 is 0. The Bertz CT molecular complexity index is 819. The van der Waals surface area contributed by atoms with Gasteiger partial charge in [0.25, 0.3) is 0 Å². The fourth-order valence-corrected chi connectivity index (χ4v) is 3.50. The summed E-state index contributed by atoms with van der Waals surface area (Å²) in [4.78, 5) is 35.1. The van der Waals surface area contributed by atoms with Crippen LogP contribution in [0.4, 0.5) is 11.5 Å². The van der Waals surface area contributed by atoms with E-state index in [9.17, 15) is 9.59 Å². The van der Waals surface area contributed by atoms with E-state index in [0.29, 0.717) is 13.1 Å². The first kappa shape index (κ1) is 20.8.